The first kappa shape index (κ1) is 25.8. The summed E-state index contributed by atoms with van der Waals surface area (Å²) in [6.07, 6.45) is -4.72. The number of hydrogen-bond acceptors (Lipinski definition) is 5. The number of carbonyl (C=O) groups excluding carboxylic acids is 2. The molecule has 1 aliphatic rings. The van der Waals surface area contributed by atoms with Crippen LogP contribution in [0.15, 0.2) is 48.5 Å². The number of nitrogens with zero attached hydrogens (tertiary/aromatic N) is 2. The molecule has 0 aliphatic carbocycles. The monoisotopic (exact) mass is 499 g/mol. The third kappa shape index (κ3) is 8.21. The lowest BCUT2D eigenvalue weighted by Gasteiger charge is -2.36. The molecule has 11 heteroatoms. The first-order valence-corrected chi connectivity index (χ1v) is 11.7. The van der Waals surface area contributed by atoms with Gasteiger partial charge >= 0.3 is 6.36 Å². The highest BCUT2D eigenvalue weighted by atomic mass is 32.2. The Morgan fingerprint density at radius 3 is 2.24 bits per heavy atom. The minimum atomic E-state index is -4.72. The van der Waals surface area contributed by atoms with Crippen molar-refractivity contribution in [3.05, 3.63) is 59.9 Å². The van der Waals surface area contributed by atoms with Gasteiger partial charge < -0.3 is 15.0 Å². The smallest absolute Gasteiger partial charge is 0.406 e. The van der Waals surface area contributed by atoms with Gasteiger partial charge in [0.1, 0.15) is 11.6 Å². The Labute approximate surface area is 199 Å². The van der Waals surface area contributed by atoms with Crippen LogP contribution in [0.2, 0.25) is 0 Å². The molecule has 184 valence electrons. The molecule has 1 aliphatic heterocycles. The Morgan fingerprint density at radius 1 is 1.03 bits per heavy atom. The molecule has 0 spiro atoms. The van der Waals surface area contributed by atoms with Crippen molar-refractivity contribution in [2.75, 3.05) is 37.2 Å². The Balaban J connectivity index is 1.38. The molecule has 1 saturated heterocycles. The number of anilines is 1. The van der Waals surface area contributed by atoms with Crippen molar-refractivity contribution >= 4 is 29.3 Å². The summed E-state index contributed by atoms with van der Waals surface area (Å²) in [5, 5.41) is 2.27. The van der Waals surface area contributed by atoms with Crippen LogP contribution in [0.1, 0.15) is 12.5 Å². The number of amides is 2. The van der Waals surface area contributed by atoms with Gasteiger partial charge in [-0.2, -0.15) is 0 Å². The molecule has 0 saturated carbocycles. The molecule has 3 rings (SSSR count). The van der Waals surface area contributed by atoms with Crippen molar-refractivity contribution in [2.24, 2.45) is 0 Å². The maximum Gasteiger partial charge on any atom is 0.573 e. The Kier molecular flexibility index (Phi) is 8.78. The van der Waals surface area contributed by atoms with Gasteiger partial charge in [0.15, 0.2) is 0 Å². The molecule has 0 bridgehead atoms. The van der Waals surface area contributed by atoms with Crippen molar-refractivity contribution in [1.29, 1.82) is 0 Å². The maximum atomic E-state index is 12.9. The summed E-state index contributed by atoms with van der Waals surface area (Å²) in [7, 11) is 0. The second-order valence-electron chi connectivity index (χ2n) is 7.80. The third-order valence-electron chi connectivity index (χ3n) is 5.19. The summed E-state index contributed by atoms with van der Waals surface area (Å²) in [6, 6.07) is 11.2. The van der Waals surface area contributed by atoms with Gasteiger partial charge in [0, 0.05) is 38.4 Å². The van der Waals surface area contributed by atoms with Crippen molar-refractivity contribution in [1.82, 2.24) is 9.80 Å². The molecule has 6 nitrogen and oxygen atoms in total. The normalized spacial score (nSPS) is 15.6. The number of rotatable bonds is 8. The van der Waals surface area contributed by atoms with Gasteiger partial charge in [-0.3, -0.25) is 14.5 Å². The zero-order chi connectivity index (χ0) is 24.7. The van der Waals surface area contributed by atoms with Crippen LogP contribution in [0.5, 0.6) is 5.75 Å². The van der Waals surface area contributed by atoms with Crippen molar-refractivity contribution in [2.45, 2.75) is 25.1 Å². The van der Waals surface area contributed by atoms with Crippen LogP contribution in [0.3, 0.4) is 0 Å². The topological polar surface area (TPSA) is 61.9 Å². The zero-order valence-electron chi connectivity index (χ0n) is 18.5. The average molecular weight is 500 g/mol. The predicted molar refractivity (Wildman–Crippen MR) is 122 cm³/mol. The van der Waals surface area contributed by atoms with E-state index in [0.29, 0.717) is 38.4 Å². The number of piperazine rings is 1. The summed E-state index contributed by atoms with van der Waals surface area (Å²) < 4.78 is 53.6. The van der Waals surface area contributed by atoms with E-state index in [1.165, 1.54) is 48.2 Å². The van der Waals surface area contributed by atoms with Gasteiger partial charge in [-0.15, -0.1) is 24.9 Å². The standard InChI is InChI=1S/C23H25F4N3O3S/c1-16(34-15-21(31)28-19-6-4-18(24)5-7-19)22(32)30-12-10-29(11-13-30)14-17-2-8-20(9-3-17)33-23(25,26)27/h2-9,16H,10-15H2,1H3,(H,28,31). The summed E-state index contributed by atoms with van der Waals surface area (Å²) in [5.41, 5.74) is 1.34. The van der Waals surface area contributed by atoms with E-state index in [4.69, 9.17) is 0 Å². The Morgan fingerprint density at radius 2 is 1.65 bits per heavy atom. The molecule has 1 N–H and O–H groups in total. The zero-order valence-corrected chi connectivity index (χ0v) is 19.3. The predicted octanol–water partition coefficient (Wildman–Crippen LogP) is 4.13. The number of halogens is 4. The highest BCUT2D eigenvalue weighted by molar-refractivity contribution is 8.01. The fraction of sp³-hybridized carbons (Fsp3) is 0.391. The Bertz CT molecular complexity index is 963. The van der Waals surface area contributed by atoms with Gasteiger partial charge in [0.2, 0.25) is 11.8 Å². The molecular formula is C23H25F4N3O3S. The van der Waals surface area contributed by atoms with Crippen molar-refractivity contribution in [3.63, 3.8) is 0 Å². The minimum Gasteiger partial charge on any atom is -0.406 e. The van der Waals surface area contributed by atoms with Crippen LogP contribution in [-0.4, -0.2) is 65.2 Å². The van der Waals surface area contributed by atoms with Gasteiger partial charge in [0.25, 0.3) is 0 Å². The molecule has 1 heterocycles. The second-order valence-corrected chi connectivity index (χ2v) is 9.13. The number of ether oxygens (including phenoxy) is 1. The van der Waals surface area contributed by atoms with E-state index in [1.807, 2.05) is 0 Å². The lowest BCUT2D eigenvalue weighted by molar-refractivity contribution is -0.274. The van der Waals surface area contributed by atoms with E-state index in [9.17, 15) is 27.2 Å². The highest BCUT2D eigenvalue weighted by Crippen LogP contribution is 2.23. The molecule has 2 amide bonds. The lowest BCUT2D eigenvalue weighted by Crippen LogP contribution is -2.50. The van der Waals surface area contributed by atoms with E-state index in [-0.39, 0.29) is 29.1 Å². The molecule has 1 unspecified atom stereocenters. The number of benzene rings is 2. The van der Waals surface area contributed by atoms with Crippen LogP contribution >= 0.6 is 11.8 Å². The second kappa shape index (κ2) is 11.6. The largest absolute Gasteiger partial charge is 0.573 e. The van der Waals surface area contributed by atoms with Crippen LogP contribution in [-0.2, 0) is 16.1 Å². The lowest BCUT2D eigenvalue weighted by atomic mass is 10.2. The summed E-state index contributed by atoms with van der Waals surface area (Å²) >= 11 is 1.23. The number of alkyl halides is 3. The van der Waals surface area contributed by atoms with E-state index in [1.54, 1.807) is 24.0 Å². The minimum absolute atomic E-state index is 0.0483. The molecule has 1 fully saturated rings. The van der Waals surface area contributed by atoms with Gasteiger partial charge in [0.05, 0.1) is 11.0 Å². The molecule has 0 radical (unpaired) electrons. The van der Waals surface area contributed by atoms with Gasteiger partial charge in [-0.25, -0.2) is 4.39 Å². The van der Waals surface area contributed by atoms with Crippen molar-refractivity contribution < 1.29 is 31.9 Å². The van der Waals surface area contributed by atoms with Crippen LogP contribution in [0.25, 0.3) is 0 Å². The summed E-state index contributed by atoms with van der Waals surface area (Å²) in [6.45, 7) is 4.64. The number of hydrogen-bond donors (Lipinski definition) is 1. The van der Waals surface area contributed by atoms with Crippen LogP contribution in [0, 0.1) is 5.82 Å². The summed E-state index contributed by atoms with van der Waals surface area (Å²) in [4.78, 5) is 28.7. The average Bonchev–Trinajstić information content (AvgIpc) is 2.79. The molecular weight excluding hydrogens is 474 g/mol. The van der Waals surface area contributed by atoms with E-state index in [2.05, 4.69) is 15.0 Å². The quantitative estimate of drug-likeness (QED) is 0.554. The van der Waals surface area contributed by atoms with Gasteiger partial charge in [-0.1, -0.05) is 12.1 Å². The maximum absolute atomic E-state index is 12.9. The molecule has 1 atom stereocenters. The SMILES string of the molecule is CC(SCC(=O)Nc1ccc(F)cc1)C(=O)N1CCN(Cc2ccc(OC(F)(F)F)cc2)CC1. The van der Waals surface area contributed by atoms with Gasteiger partial charge in [-0.05, 0) is 48.9 Å². The Hall–Kier alpha value is -2.79. The first-order valence-electron chi connectivity index (χ1n) is 10.6. The fourth-order valence-electron chi connectivity index (χ4n) is 3.44. The first-order chi connectivity index (χ1) is 16.1. The molecule has 2 aromatic carbocycles. The highest BCUT2D eigenvalue weighted by Gasteiger charge is 2.31. The number of carbonyl (C=O) groups is 2. The summed E-state index contributed by atoms with van der Waals surface area (Å²) in [5.74, 6) is -0.872. The van der Waals surface area contributed by atoms with Crippen molar-refractivity contribution in [3.8, 4) is 5.75 Å². The molecule has 34 heavy (non-hydrogen) atoms. The number of thioether (sulfide) groups is 1. The molecule has 2 aromatic rings. The molecule has 0 aromatic heterocycles. The fourth-order valence-corrected chi connectivity index (χ4v) is 4.21. The van der Waals surface area contributed by atoms with Crippen LogP contribution < -0.4 is 10.1 Å². The van der Waals surface area contributed by atoms with E-state index < -0.39 is 11.6 Å². The number of nitrogens with one attached hydrogen (secondary N) is 1. The third-order valence-corrected chi connectivity index (χ3v) is 6.32. The van der Waals surface area contributed by atoms with E-state index in [0.717, 1.165) is 5.56 Å². The van der Waals surface area contributed by atoms with E-state index >= 15 is 0 Å². The van der Waals surface area contributed by atoms with Crippen LogP contribution in [0.4, 0.5) is 23.2 Å².